The average Bonchev–Trinajstić information content (AvgIpc) is 2.96. The molecular formula is C21H25BrN2O. The van der Waals surface area contributed by atoms with E-state index in [4.69, 9.17) is 0 Å². The third kappa shape index (κ3) is 2.64. The number of alkyl halides is 1. The molecule has 1 aromatic carbocycles. The molecule has 4 bridgehead atoms. The van der Waals surface area contributed by atoms with E-state index in [1.54, 1.807) is 0 Å². The van der Waals surface area contributed by atoms with Crippen LogP contribution in [0.3, 0.4) is 0 Å². The van der Waals surface area contributed by atoms with Crippen molar-refractivity contribution in [3.05, 3.63) is 36.0 Å². The number of rotatable bonds is 4. The van der Waals surface area contributed by atoms with Crippen molar-refractivity contribution in [1.82, 2.24) is 10.3 Å². The van der Waals surface area contributed by atoms with Crippen molar-refractivity contribution < 1.29 is 4.79 Å². The first-order valence-corrected chi connectivity index (χ1v) is 10.4. The van der Waals surface area contributed by atoms with Gasteiger partial charge in [-0.15, -0.1) is 0 Å². The van der Waals surface area contributed by atoms with Gasteiger partial charge in [-0.1, -0.05) is 34.1 Å². The Bertz CT molecular complexity index is 812. The smallest absolute Gasteiger partial charge is 0.226 e. The molecule has 4 saturated carbocycles. The fourth-order valence-electron chi connectivity index (χ4n) is 6.25. The van der Waals surface area contributed by atoms with Gasteiger partial charge in [0, 0.05) is 28.0 Å². The second-order valence-corrected chi connectivity index (χ2v) is 10.4. The average molecular weight is 401 g/mol. The van der Waals surface area contributed by atoms with Crippen LogP contribution >= 0.6 is 15.9 Å². The molecule has 6 rings (SSSR count). The Kier molecular flexibility index (Phi) is 3.57. The lowest BCUT2D eigenvalue weighted by molar-refractivity contribution is -0.143. The fourth-order valence-corrected chi connectivity index (χ4v) is 7.71. The highest BCUT2D eigenvalue weighted by Gasteiger charge is 2.59. The number of halogens is 1. The minimum Gasteiger partial charge on any atom is -0.361 e. The van der Waals surface area contributed by atoms with E-state index in [1.807, 2.05) is 6.07 Å². The van der Waals surface area contributed by atoms with Crippen molar-refractivity contribution in [3.63, 3.8) is 0 Å². The topological polar surface area (TPSA) is 44.9 Å². The van der Waals surface area contributed by atoms with Crippen molar-refractivity contribution in [3.8, 4) is 0 Å². The maximum Gasteiger partial charge on any atom is 0.226 e. The highest BCUT2D eigenvalue weighted by molar-refractivity contribution is 9.10. The quantitative estimate of drug-likeness (QED) is 0.725. The Hall–Kier alpha value is -1.29. The van der Waals surface area contributed by atoms with E-state index in [0.29, 0.717) is 5.91 Å². The van der Waals surface area contributed by atoms with Crippen LogP contribution in [0.4, 0.5) is 0 Å². The Morgan fingerprint density at radius 2 is 1.96 bits per heavy atom. The second kappa shape index (κ2) is 5.60. The largest absolute Gasteiger partial charge is 0.361 e. The minimum atomic E-state index is -0.103. The predicted octanol–water partition coefficient (Wildman–Crippen LogP) is 4.56. The van der Waals surface area contributed by atoms with Crippen molar-refractivity contribution in [2.45, 2.75) is 49.3 Å². The maximum atomic E-state index is 13.1. The van der Waals surface area contributed by atoms with Crippen LogP contribution in [0.15, 0.2) is 30.5 Å². The molecule has 3 nitrogen and oxygen atoms in total. The number of hydrogen-bond donors (Lipinski definition) is 2. The van der Waals surface area contributed by atoms with Crippen LogP contribution in [-0.4, -0.2) is 21.8 Å². The van der Waals surface area contributed by atoms with E-state index in [-0.39, 0.29) is 9.74 Å². The molecule has 2 atom stereocenters. The standard InChI is InChI=1S/C21H25BrN2O/c22-21-10-14-7-15(11-21)9-20(8-14,13-21)19(25)23-6-5-16-12-24-18-4-2-1-3-17(16)18/h1-4,12,14-15,24H,5-11,13H2,(H,23,25). The summed E-state index contributed by atoms with van der Waals surface area (Å²) in [6.45, 7) is 0.729. The molecule has 2 aromatic rings. The van der Waals surface area contributed by atoms with Gasteiger partial charge in [-0.05, 0) is 68.4 Å². The van der Waals surface area contributed by atoms with Crippen LogP contribution < -0.4 is 5.32 Å². The number of H-pyrrole nitrogens is 1. The van der Waals surface area contributed by atoms with Crippen LogP contribution in [0.1, 0.15) is 44.1 Å². The fraction of sp³-hybridized carbons (Fsp3) is 0.571. The summed E-state index contributed by atoms with van der Waals surface area (Å²) in [5.74, 6) is 1.81. The molecule has 4 heteroatoms. The lowest BCUT2D eigenvalue weighted by Crippen LogP contribution is -2.58. The SMILES string of the molecule is O=C(NCCc1c[nH]c2ccccc12)C12CC3CC(CC(Br)(C3)C1)C2. The van der Waals surface area contributed by atoms with Crippen LogP contribution in [0.5, 0.6) is 0 Å². The Morgan fingerprint density at radius 1 is 1.20 bits per heavy atom. The molecule has 0 radical (unpaired) electrons. The normalized spacial score (nSPS) is 36.0. The van der Waals surface area contributed by atoms with Gasteiger partial charge in [-0.25, -0.2) is 0 Å². The van der Waals surface area contributed by atoms with Crippen molar-refractivity contribution in [2.75, 3.05) is 6.54 Å². The van der Waals surface area contributed by atoms with Crippen LogP contribution in [0.2, 0.25) is 0 Å². The van der Waals surface area contributed by atoms with Gasteiger partial charge in [0.2, 0.25) is 5.91 Å². The second-order valence-electron chi connectivity index (χ2n) is 8.76. The van der Waals surface area contributed by atoms with E-state index in [2.05, 4.69) is 50.6 Å². The summed E-state index contributed by atoms with van der Waals surface area (Å²) in [5, 5.41) is 4.56. The molecule has 132 valence electrons. The third-order valence-electron chi connectivity index (χ3n) is 6.83. The summed E-state index contributed by atoms with van der Waals surface area (Å²) < 4.78 is 0.241. The number of aromatic amines is 1. The summed E-state index contributed by atoms with van der Waals surface area (Å²) in [6.07, 6.45) is 10.1. The number of hydrogen-bond acceptors (Lipinski definition) is 1. The number of amides is 1. The lowest BCUT2D eigenvalue weighted by Gasteiger charge is -2.59. The zero-order chi connectivity index (χ0) is 17.1. The van der Waals surface area contributed by atoms with Gasteiger partial charge in [-0.2, -0.15) is 0 Å². The monoisotopic (exact) mass is 400 g/mol. The summed E-state index contributed by atoms with van der Waals surface area (Å²) in [6, 6.07) is 8.37. The van der Waals surface area contributed by atoms with E-state index in [9.17, 15) is 4.79 Å². The first-order chi connectivity index (χ1) is 12.1. The molecule has 1 heterocycles. The molecule has 0 aliphatic heterocycles. The molecule has 2 unspecified atom stereocenters. The highest BCUT2D eigenvalue weighted by atomic mass is 79.9. The molecule has 1 amide bonds. The van der Waals surface area contributed by atoms with E-state index >= 15 is 0 Å². The Balaban J connectivity index is 1.27. The van der Waals surface area contributed by atoms with Crippen LogP contribution in [-0.2, 0) is 11.2 Å². The summed E-state index contributed by atoms with van der Waals surface area (Å²) >= 11 is 4.00. The number of carbonyl (C=O) groups excluding carboxylic acids is 1. The van der Waals surface area contributed by atoms with Gasteiger partial charge in [0.1, 0.15) is 0 Å². The number of nitrogens with one attached hydrogen (secondary N) is 2. The molecular weight excluding hydrogens is 376 g/mol. The maximum absolute atomic E-state index is 13.1. The van der Waals surface area contributed by atoms with Gasteiger partial charge < -0.3 is 10.3 Å². The summed E-state index contributed by atoms with van der Waals surface area (Å²) in [5.41, 5.74) is 2.36. The zero-order valence-corrected chi connectivity index (χ0v) is 16.1. The predicted molar refractivity (Wildman–Crippen MR) is 104 cm³/mol. The van der Waals surface area contributed by atoms with Gasteiger partial charge in [0.25, 0.3) is 0 Å². The van der Waals surface area contributed by atoms with Crippen LogP contribution in [0.25, 0.3) is 10.9 Å². The van der Waals surface area contributed by atoms with E-state index in [1.165, 1.54) is 35.7 Å². The summed E-state index contributed by atoms with van der Waals surface area (Å²) in [4.78, 5) is 16.4. The molecule has 1 aromatic heterocycles. The summed E-state index contributed by atoms with van der Waals surface area (Å²) in [7, 11) is 0. The van der Waals surface area contributed by atoms with Crippen molar-refractivity contribution in [2.24, 2.45) is 17.3 Å². The molecule has 0 spiro atoms. The van der Waals surface area contributed by atoms with Crippen molar-refractivity contribution in [1.29, 1.82) is 0 Å². The highest BCUT2D eigenvalue weighted by Crippen LogP contribution is 2.64. The zero-order valence-electron chi connectivity index (χ0n) is 14.5. The van der Waals surface area contributed by atoms with Gasteiger partial charge in [0.15, 0.2) is 0 Å². The molecule has 0 saturated heterocycles. The number of aromatic nitrogens is 1. The first kappa shape index (κ1) is 15.9. The third-order valence-corrected chi connectivity index (χ3v) is 7.75. The number of fused-ring (bicyclic) bond motifs is 1. The minimum absolute atomic E-state index is 0.103. The molecule has 2 N–H and O–H groups in total. The van der Waals surface area contributed by atoms with Gasteiger partial charge in [-0.3, -0.25) is 4.79 Å². The molecule has 25 heavy (non-hydrogen) atoms. The van der Waals surface area contributed by atoms with Gasteiger partial charge >= 0.3 is 0 Å². The number of carbonyl (C=O) groups is 1. The molecule has 4 aliphatic carbocycles. The molecule has 4 aliphatic rings. The Morgan fingerprint density at radius 3 is 2.72 bits per heavy atom. The van der Waals surface area contributed by atoms with E-state index < -0.39 is 0 Å². The van der Waals surface area contributed by atoms with Crippen molar-refractivity contribution >= 4 is 32.7 Å². The first-order valence-electron chi connectivity index (χ1n) is 9.58. The Labute approximate surface area is 157 Å². The van der Waals surface area contributed by atoms with Crippen LogP contribution in [0, 0.1) is 17.3 Å². The van der Waals surface area contributed by atoms with Gasteiger partial charge in [0.05, 0.1) is 5.41 Å². The lowest BCUT2D eigenvalue weighted by atomic mass is 9.49. The number of para-hydroxylation sites is 1. The van der Waals surface area contributed by atoms with E-state index in [0.717, 1.165) is 44.1 Å². The molecule has 4 fully saturated rings. The number of benzene rings is 1.